The number of anilines is 2. The van der Waals surface area contributed by atoms with Crippen LogP contribution in [0.25, 0.3) is 43.6 Å². The summed E-state index contributed by atoms with van der Waals surface area (Å²) in [4.78, 5) is 32.0. The monoisotopic (exact) mass is 886 g/mol. The molecule has 0 saturated heterocycles. The van der Waals surface area contributed by atoms with E-state index in [0.29, 0.717) is 25.9 Å². The van der Waals surface area contributed by atoms with Crippen LogP contribution in [0.1, 0.15) is 82.8 Å². The molecule has 65 heavy (non-hydrogen) atoms. The number of carbonyl (C=O) groups excluding carboxylic acids is 2. The normalized spacial score (nSPS) is 11.4. The molecule has 6 rings (SSSR count). The van der Waals surface area contributed by atoms with E-state index in [4.69, 9.17) is 0 Å². The zero-order valence-electron chi connectivity index (χ0n) is 39.9. The van der Waals surface area contributed by atoms with E-state index in [1.54, 1.807) is 0 Å². The van der Waals surface area contributed by atoms with Crippen molar-refractivity contribution in [1.82, 2.24) is 26.2 Å². The van der Waals surface area contributed by atoms with E-state index in [1.165, 1.54) is 66.1 Å². The summed E-state index contributed by atoms with van der Waals surface area (Å²) in [6, 6.07) is 31.5. The van der Waals surface area contributed by atoms with E-state index in [2.05, 4.69) is 165 Å². The van der Waals surface area contributed by atoms with Gasteiger partial charge in [-0.3, -0.25) is 9.59 Å². The van der Waals surface area contributed by atoms with Crippen molar-refractivity contribution in [3.63, 3.8) is 0 Å². The summed E-state index contributed by atoms with van der Waals surface area (Å²) in [7, 11) is 14.4. The number of aromatic nitrogens is 2. The molecule has 2 heterocycles. The number of hydrogen-bond acceptors (Lipinski definition) is 7. The van der Waals surface area contributed by atoms with E-state index in [9.17, 15) is 9.59 Å². The molecule has 0 aliphatic rings. The first-order chi connectivity index (χ1) is 31.0. The van der Waals surface area contributed by atoms with Gasteiger partial charge < -0.3 is 36.0 Å². The van der Waals surface area contributed by atoms with Gasteiger partial charge in [-0.15, -0.1) is 0 Å². The lowest BCUT2D eigenvalue weighted by Gasteiger charge is -2.16. The van der Waals surface area contributed by atoms with Crippen molar-refractivity contribution in [2.45, 2.75) is 97.8 Å². The van der Waals surface area contributed by atoms with Crippen LogP contribution in [0.2, 0.25) is 0 Å². The smallest absolute Gasteiger partial charge is 0.219 e. The van der Waals surface area contributed by atoms with Crippen molar-refractivity contribution < 1.29 is 18.7 Å². The molecule has 6 aromatic rings. The standard InChI is InChI=1S/C53H73N9O2.CH4/c1-54-38-40-18-20-42-34-43-21-19-41(39-55-2)33-49(43)61(48(42)32-40)30-12-8-10-16-52(63)56-26-14-28-60(7)29-15-27-57-53(64)17-11-9-13-31-62-50-36-46(58(3)4)24-22-44(50)35-45-23-25-47(59(5)6)37-51(45)62;/h18-25,32-37,54-55H,8-17,26-31,38-39H2,1-7H3;1H4/p+2. The van der Waals surface area contributed by atoms with Gasteiger partial charge in [-0.25, -0.2) is 0 Å². The number of aryl methyl sites for hydroxylation is 2. The minimum absolute atomic E-state index is 0. The van der Waals surface area contributed by atoms with E-state index in [-0.39, 0.29) is 19.2 Å². The topological polar surface area (TPSA) is 99.7 Å². The number of unbranched alkanes of at least 4 members (excludes halogenated alkanes) is 4. The highest BCUT2D eigenvalue weighted by Gasteiger charge is 2.19. The van der Waals surface area contributed by atoms with Crippen molar-refractivity contribution in [1.29, 1.82) is 0 Å². The molecule has 11 nitrogen and oxygen atoms in total. The number of nitrogens with zero attached hydrogens (tertiary/aromatic N) is 5. The van der Waals surface area contributed by atoms with Crippen LogP contribution in [0.15, 0.2) is 84.9 Å². The first kappa shape index (κ1) is 50.6. The number of hydrogen-bond donors (Lipinski definition) is 4. The highest BCUT2D eigenvalue weighted by Crippen LogP contribution is 2.26. The predicted molar refractivity (Wildman–Crippen MR) is 274 cm³/mol. The third-order valence-corrected chi connectivity index (χ3v) is 12.4. The molecule has 11 heteroatoms. The molecule has 0 bridgehead atoms. The molecule has 2 amide bonds. The van der Waals surface area contributed by atoms with Crippen LogP contribution in [0.3, 0.4) is 0 Å². The van der Waals surface area contributed by atoms with Gasteiger partial charge in [0.2, 0.25) is 33.9 Å². The second kappa shape index (κ2) is 25.4. The lowest BCUT2D eigenvalue weighted by Crippen LogP contribution is -2.36. The SMILES string of the molecule is C.CNCc1ccc2cc3ccc(CNC)cc3[n+](CCCCCC(=O)NCCCN(C)CCCNC(=O)CCCCC[n+]3c4cc(N(C)C)ccc4cc4ccc(N(C)C)cc43)c2c1. The van der Waals surface area contributed by atoms with Crippen LogP contribution in [-0.4, -0.2) is 92.2 Å². The van der Waals surface area contributed by atoms with Crippen LogP contribution in [0.4, 0.5) is 11.4 Å². The average Bonchev–Trinajstić information content (AvgIpc) is 3.28. The van der Waals surface area contributed by atoms with Crippen LogP contribution < -0.4 is 40.2 Å². The van der Waals surface area contributed by atoms with Gasteiger partial charge in [-0.1, -0.05) is 19.6 Å². The van der Waals surface area contributed by atoms with E-state index < -0.39 is 0 Å². The molecule has 0 fully saturated rings. The summed E-state index contributed by atoms with van der Waals surface area (Å²) in [5, 5.41) is 17.8. The maximum absolute atomic E-state index is 12.7. The van der Waals surface area contributed by atoms with Crippen molar-refractivity contribution >= 4 is 66.8 Å². The van der Waals surface area contributed by atoms with Crippen LogP contribution in [-0.2, 0) is 35.8 Å². The Hall–Kier alpha value is -5.36. The molecule has 0 aliphatic carbocycles. The van der Waals surface area contributed by atoms with Gasteiger partial charge in [0.1, 0.15) is 13.1 Å². The summed E-state index contributed by atoms with van der Waals surface area (Å²) >= 11 is 0. The number of amides is 2. The van der Waals surface area contributed by atoms with Gasteiger partial charge >= 0.3 is 0 Å². The molecular formula is C54H79N9O2+2. The lowest BCUT2D eigenvalue weighted by molar-refractivity contribution is -0.646. The Morgan fingerprint density at radius 2 is 0.862 bits per heavy atom. The largest absolute Gasteiger partial charge is 0.377 e. The fourth-order valence-corrected chi connectivity index (χ4v) is 8.83. The fourth-order valence-electron chi connectivity index (χ4n) is 8.83. The molecule has 2 aromatic heterocycles. The molecule has 4 N–H and O–H groups in total. The van der Waals surface area contributed by atoms with Crippen molar-refractivity contribution in [3.05, 3.63) is 96.1 Å². The highest BCUT2D eigenvalue weighted by atomic mass is 16.2. The Bertz CT molecular complexity index is 2350. The summed E-state index contributed by atoms with van der Waals surface area (Å²) in [5.74, 6) is 0.276. The van der Waals surface area contributed by atoms with Crippen molar-refractivity contribution in [3.8, 4) is 0 Å². The van der Waals surface area contributed by atoms with Gasteiger partial charge in [-0.05, 0) is 132 Å². The van der Waals surface area contributed by atoms with Crippen LogP contribution in [0, 0.1) is 0 Å². The summed E-state index contributed by atoms with van der Waals surface area (Å²) in [6.07, 6.45) is 8.72. The van der Waals surface area contributed by atoms with Crippen LogP contribution >= 0.6 is 0 Å². The minimum Gasteiger partial charge on any atom is -0.377 e. The lowest BCUT2D eigenvalue weighted by atomic mass is 10.0. The van der Waals surface area contributed by atoms with Gasteiger partial charge in [-0.2, -0.15) is 9.13 Å². The number of benzene rings is 4. The molecule has 4 aromatic carbocycles. The molecule has 0 aliphatic heterocycles. The van der Waals surface area contributed by atoms with Gasteiger partial charge in [0, 0.05) is 137 Å². The molecule has 0 saturated carbocycles. The molecular weight excluding hydrogens is 807 g/mol. The highest BCUT2D eigenvalue weighted by molar-refractivity contribution is 5.92. The maximum atomic E-state index is 12.7. The van der Waals surface area contributed by atoms with Crippen LogP contribution in [0.5, 0.6) is 0 Å². The van der Waals surface area contributed by atoms with Gasteiger partial charge in [0.15, 0.2) is 0 Å². The maximum Gasteiger partial charge on any atom is 0.219 e. The summed E-state index contributed by atoms with van der Waals surface area (Å²) < 4.78 is 4.94. The third-order valence-electron chi connectivity index (χ3n) is 12.4. The Labute approximate surface area is 389 Å². The number of pyridine rings is 2. The Morgan fingerprint density at radius 1 is 0.477 bits per heavy atom. The number of nitrogens with one attached hydrogen (secondary N) is 4. The Morgan fingerprint density at radius 3 is 1.25 bits per heavy atom. The first-order valence-electron chi connectivity index (χ1n) is 23.7. The Kier molecular flexibility index (Phi) is 19.8. The summed E-state index contributed by atoms with van der Waals surface area (Å²) in [6.45, 7) is 6.68. The molecule has 0 atom stereocenters. The zero-order valence-corrected chi connectivity index (χ0v) is 39.9. The quantitative estimate of drug-likeness (QED) is 0.0251. The zero-order chi connectivity index (χ0) is 45.4. The average molecular weight is 886 g/mol. The third kappa shape index (κ3) is 14.3. The minimum atomic E-state index is 0. The van der Waals surface area contributed by atoms with Crippen molar-refractivity contribution in [2.24, 2.45) is 0 Å². The number of carbonyl (C=O) groups is 2. The molecule has 0 unspecified atom stereocenters. The number of rotatable bonds is 26. The predicted octanol–water partition coefficient (Wildman–Crippen LogP) is 7.85. The van der Waals surface area contributed by atoms with Gasteiger partial charge in [0.25, 0.3) is 0 Å². The van der Waals surface area contributed by atoms with Crippen molar-refractivity contribution in [2.75, 3.05) is 85.3 Å². The first-order valence-corrected chi connectivity index (χ1v) is 23.7. The number of fused-ring (bicyclic) bond motifs is 4. The van der Waals surface area contributed by atoms with E-state index in [1.807, 2.05) is 14.1 Å². The Balaban J connectivity index is 0.00000793. The van der Waals surface area contributed by atoms with E-state index >= 15 is 0 Å². The summed E-state index contributed by atoms with van der Waals surface area (Å²) in [5.41, 5.74) is 9.93. The fraction of sp³-hybridized carbons (Fsp3) is 0.481. The van der Waals surface area contributed by atoms with E-state index in [0.717, 1.165) is 90.6 Å². The molecule has 350 valence electrons. The molecule has 0 radical (unpaired) electrons. The molecule has 0 spiro atoms. The second-order valence-electron chi connectivity index (χ2n) is 18.0. The van der Waals surface area contributed by atoms with Gasteiger partial charge in [0.05, 0.1) is 0 Å². The second-order valence-corrected chi connectivity index (χ2v) is 18.0.